The van der Waals surface area contributed by atoms with E-state index in [9.17, 15) is 0 Å². The number of fused-ring (bicyclic) bond motifs is 1. The quantitative estimate of drug-likeness (QED) is 0.653. The van der Waals surface area contributed by atoms with E-state index in [4.69, 9.17) is 26.6 Å². The van der Waals surface area contributed by atoms with E-state index in [-0.39, 0.29) is 12.1 Å². The van der Waals surface area contributed by atoms with Crippen molar-refractivity contribution in [1.82, 2.24) is 5.43 Å². The molecule has 0 saturated carbocycles. The van der Waals surface area contributed by atoms with Gasteiger partial charge < -0.3 is 9.15 Å². The van der Waals surface area contributed by atoms with Crippen LogP contribution in [0, 0.1) is 5.92 Å². The molecule has 0 fully saturated rings. The second-order valence-electron chi connectivity index (χ2n) is 4.92. The Labute approximate surface area is 117 Å². The fraction of sp³-hybridized carbons (Fsp3) is 0.429. The molecule has 1 heterocycles. The molecule has 0 amide bonds. The molecule has 2 rings (SSSR count). The lowest BCUT2D eigenvalue weighted by molar-refractivity contribution is 0.0269. The van der Waals surface area contributed by atoms with Crippen molar-refractivity contribution >= 4 is 22.6 Å². The predicted octanol–water partition coefficient (Wildman–Crippen LogP) is 3.26. The number of nitrogens with one attached hydrogen (secondary N) is 1. The highest BCUT2D eigenvalue weighted by atomic mass is 35.5. The van der Waals surface area contributed by atoms with Crippen LogP contribution in [0.25, 0.3) is 11.0 Å². The van der Waals surface area contributed by atoms with E-state index in [1.54, 1.807) is 13.2 Å². The molecule has 3 N–H and O–H groups in total. The Morgan fingerprint density at radius 1 is 1.32 bits per heavy atom. The first-order valence-electron chi connectivity index (χ1n) is 6.24. The van der Waals surface area contributed by atoms with Crippen LogP contribution < -0.4 is 11.3 Å². The molecule has 0 aliphatic rings. The molecule has 4 nitrogen and oxygen atoms in total. The number of furan rings is 1. The molecule has 19 heavy (non-hydrogen) atoms. The fourth-order valence-corrected chi connectivity index (χ4v) is 2.50. The van der Waals surface area contributed by atoms with Crippen LogP contribution in [0.15, 0.2) is 28.7 Å². The number of hydrogen-bond donors (Lipinski definition) is 2. The highest BCUT2D eigenvalue weighted by Gasteiger charge is 2.27. The molecule has 2 aromatic rings. The summed E-state index contributed by atoms with van der Waals surface area (Å²) in [5, 5.41) is 1.64. The van der Waals surface area contributed by atoms with Crippen LogP contribution in [-0.4, -0.2) is 13.2 Å². The monoisotopic (exact) mass is 282 g/mol. The molecule has 0 aliphatic heterocycles. The summed E-state index contributed by atoms with van der Waals surface area (Å²) < 4.78 is 11.3. The number of rotatable bonds is 5. The Kier molecular flexibility index (Phi) is 4.47. The smallest absolute Gasteiger partial charge is 0.134 e. The second kappa shape index (κ2) is 5.92. The van der Waals surface area contributed by atoms with E-state index < -0.39 is 0 Å². The van der Waals surface area contributed by atoms with Gasteiger partial charge in [0.2, 0.25) is 0 Å². The average molecular weight is 283 g/mol. The van der Waals surface area contributed by atoms with Crippen LogP contribution in [0.3, 0.4) is 0 Å². The Hall–Kier alpha value is -1.07. The number of methoxy groups -OCH3 is 1. The van der Waals surface area contributed by atoms with Crippen molar-refractivity contribution in [2.24, 2.45) is 11.8 Å². The van der Waals surface area contributed by atoms with Crippen molar-refractivity contribution in [3.63, 3.8) is 0 Å². The normalized spacial score (nSPS) is 15.1. The van der Waals surface area contributed by atoms with Gasteiger partial charge in [0.05, 0.1) is 6.10 Å². The third kappa shape index (κ3) is 2.92. The molecular weight excluding hydrogens is 264 g/mol. The summed E-state index contributed by atoms with van der Waals surface area (Å²) in [6.07, 6.45) is -0.0685. The first-order valence-corrected chi connectivity index (χ1v) is 6.62. The SMILES string of the molecule is COC(C(C)C)C(NN)c1cc2cc(Cl)ccc2o1. The van der Waals surface area contributed by atoms with Crippen molar-refractivity contribution in [2.75, 3.05) is 7.11 Å². The third-order valence-electron chi connectivity index (χ3n) is 3.24. The summed E-state index contributed by atoms with van der Waals surface area (Å²) >= 11 is 5.97. The minimum Gasteiger partial charge on any atom is -0.459 e. The van der Waals surface area contributed by atoms with Crippen molar-refractivity contribution in [1.29, 1.82) is 0 Å². The first-order chi connectivity index (χ1) is 9.06. The molecule has 5 heteroatoms. The molecular formula is C14H19ClN2O2. The fourth-order valence-electron chi connectivity index (χ4n) is 2.32. The van der Waals surface area contributed by atoms with E-state index >= 15 is 0 Å². The molecule has 0 saturated heterocycles. The van der Waals surface area contributed by atoms with Crippen LogP contribution in [0.2, 0.25) is 5.02 Å². The van der Waals surface area contributed by atoms with Gasteiger partial charge in [0.1, 0.15) is 17.4 Å². The Morgan fingerprint density at radius 2 is 2.05 bits per heavy atom. The molecule has 2 atom stereocenters. The summed E-state index contributed by atoms with van der Waals surface area (Å²) in [4.78, 5) is 0. The van der Waals surface area contributed by atoms with Gasteiger partial charge >= 0.3 is 0 Å². The van der Waals surface area contributed by atoms with E-state index in [2.05, 4.69) is 19.3 Å². The number of nitrogens with two attached hydrogens (primary N) is 1. The van der Waals surface area contributed by atoms with Crippen molar-refractivity contribution < 1.29 is 9.15 Å². The number of halogens is 1. The summed E-state index contributed by atoms with van der Waals surface area (Å²) in [7, 11) is 1.68. The number of hydrogen-bond acceptors (Lipinski definition) is 4. The zero-order chi connectivity index (χ0) is 14.0. The topological polar surface area (TPSA) is 60.4 Å². The molecule has 0 spiro atoms. The average Bonchev–Trinajstić information content (AvgIpc) is 2.77. The molecule has 104 valence electrons. The van der Waals surface area contributed by atoms with Crippen LogP contribution in [0.1, 0.15) is 25.6 Å². The van der Waals surface area contributed by atoms with Gasteiger partial charge in [0, 0.05) is 17.5 Å². The van der Waals surface area contributed by atoms with Crippen molar-refractivity contribution in [3.05, 3.63) is 35.0 Å². The summed E-state index contributed by atoms with van der Waals surface area (Å²) in [5.74, 6) is 6.71. The summed E-state index contributed by atoms with van der Waals surface area (Å²) in [5.41, 5.74) is 3.56. The van der Waals surface area contributed by atoms with Crippen LogP contribution >= 0.6 is 11.6 Å². The first kappa shape index (κ1) is 14.3. The van der Waals surface area contributed by atoms with Gasteiger partial charge in [-0.25, -0.2) is 5.43 Å². The predicted molar refractivity (Wildman–Crippen MR) is 76.9 cm³/mol. The van der Waals surface area contributed by atoms with Crippen LogP contribution in [-0.2, 0) is 4.74 Å². The zero-order valence-electron chi connectivity index (χ0n) is 11.3. The minimum atomic E-state index is -0.198. The minimum absolute atomic E-state index is 0.0685. The second-order valence-corrected chi connectivity index (χ2v) is 5.36. The largest absolute Gasteiger partial charge is 0.459 e. The van der Waals surface area contributed by atoms with Gasteiger partial charge in [0.25, 0.3) is 0 Å². The standard InChI is InChI=1S/C14H19ClN2O2/c1-8(2)14(18-3)13(17-16)12-7-9-6-10(15)4-5-11(9)19-12/h4-8,13-14,17H,16H2,1-3H3. The van der Waals surface area contributed by atoms with Gasteiger partial charge in [-0.1, -0.05) is 25.4 Å². The van der Waals surface area contributed by atoms with Gasteiger partial charge in [-0.2, -0.15) is 0 Å². The van der Waals surface area contributed by atoms with Gasteiger partial charge in [-0.05, 0) is 30.2 Å². The van der Waals surface area contributed by atoms with Gasteiger partial charge in [0.15, 0.2) is 0 Å². The Morgan fingerprint density at radius 3 is 2.63 bits per heavy atom. The highest BCUT2D eigenvalue weighted by Crippen LogP contribution is 2.30. The van der Waals surface area contributed by atoms with E-state index in [0.29, 0.717) is 10.9 Å². The molecule has 0 radical (unpaired) electrons. The van der Waals surface area contributed by atoms with E-state index in [1.165, 1.54) is 0 Å². The molecule has 1 aromatic carbocycles. The van der Waals surface area contributed by atoms with Crippen LogP contribution in [0.4, 0.5) is 0 Å². The Bertz CT molecular complexity index is 553. The van der Waals surface area contributed by atoms with E-state index in [1.807, 2.05) is 18.2 Å². The molecule has 0 aliphatic carbocycles. The summed E-state index contributed by atoms with van der Waals surface area (Å²) in [6.45, 7) is 4.16. The van der Waals surface area contributed by atoms with Gasteiger partial charge in [-0.3, -0.25) is 5.84 Å². The lowest BCUT2D eigenvalue weighted by Crippen LogP contribution is -2.40. The molecule has 1 aromatic heterocycles. The van der Waals surface area contributed by atoms with Gasteiger partial charge in [-0.15, -0.1) is 0 Å². The zero-order valence-corrected chi connectivity index (χ0v) is 12.1. The maximum absolute atomic E-state index is 5.97. The third-order valence-corrected chi connectivity index (χ3v) is 3.48. The Balaban J connectivity index is 2.40. The molecule has 2 unspecified atom stereocenters. The maximum Gasteiger partial charge on any atom is 0.134 e. The highest BCUT2D eigenvalue weighted by molar-refractivity contribution is 6.31. The van der Waals surface area contributed by atoms with Crippen molar-refractivity contribution in [3.8, 4) is 0 Å². The number of ether oxygens (including phenoxy) is 1. The maximum atomic E-state index is 5.97. The number of benzene rings is 1. The number of hydrazine groups is 1. The van der Waals surface area contributed by atoms with E-state index in [0.717, 1.165) is 16.7 Å². The molecule has 0 bridgehead atoms. The van der Waals surface area contributed by atoms with Crippen LogP contribution in [0.5, 0.6) is 0 Å². The van der Waals surface area contributed by atoms with Crippen molar-refractivity contribution in [2.45, 2.75) is 26.0 Å². The summed E-state index contributed by atoms with van der Waals surface area (Å²) in [6, 6.07) is 7.27. The lowest BCUT2D eigenvalue weighted by atomic mass is 9.98. The lowest BCUT2D eigenvalue weighted by Gasteiger charge is -2.26.